The van der Waals surface area contributed by atoms with Crippen LogP contribution in [0.5, 0.6) is 11.5 Å². The molecule has 0 aliphatic heterocycles. The van der Waals surface area contributed by atoms with Gasteiger partial charge in [-0.05, 0) is 12.3 Å². The molecule has 0 spiro atoms. The van der Waals surface area contributed by atoms with Crippen LogP contribution in [-0.2, 0) is 0 Å². The molecule has 104 valence electrons. The summed E-state index contributed by atoms with van der Waals surface area (Å²) in [6.07, 6.45) is 0.897. The first-order chi connectivity index (χ1) is 9.05. The van der Waals surface area contributed by atoms with Crippen LogP contribution >= 0.6 is 0 Å². The molecule has 0 fully saturated rings. The summed E-state index contributed by atoms with van der Waals surface area (Å²) >= 11 is 0. The Bertz CT molecular complexity index is 522. The first-order valence-corrected chi connectivity index (χ1v) is 6.42. The lowest BCUT2D eigenvalue weighted by Crippen LogP contribution is -2.14. The number of ether oxygens (including phenoxy) is 2. The highest BCUT2D eigenvalue weighted by Crippen LogP contribution is 2.31. The van der Waals surface area contributed by atoms with Crippen LogP contribution in [-0.4, -0.2) is 24.2 Å². The molecule has 0 saturated carbocycles. The molecule has 2 rings (SSSR count). The molecule has 1 aromatic carbocycles. The van der Waals surface area contributed by atoms with E-state index >= 15 is 0 Å². The molecule has 1 heterocycles. The third-order valence-electron chi connectivity index (χ3n) is 3.08. The quantitative estimate of drug-likeness (QED) is 0.869. The SMILES string of the molecule is COc1cc2nc(C(N)CC(C)C)[nH]c2cc1OC. The van der Waals surface area contributed by atoms with E-state index in [9.17, 15) is 0 Å². The molecule has 1 unspecified atom stereocenters. The Balaban J connectivity index is 2.39. The molecule has 0 aliphatic rings. The van der Waals surface area contributed by atoms with Gasteiger partial charge in [0.1, 0.15) is 5.82 Å². The number of rotatable bonds is 5. The Kier molecular flexibility index (Phi) is 3.95. The Morgan fingerprint density at radius 1 is 1.21 bits per heavy atom. The average molecular weight is 263 g/mol. The number of nitrogens with zero attached hydrogens (tertiary/aromatic N) is 1. The van der Waals surface area contributed by atoms with Crippen molar-refractivity contribution in [2.75, 3.05) is 14.2 Å². The van der Waals surface area contributed by atoms with E-state index in [0.717, 1.165) is 23.3 Å². The Hall–Kier alpha value is -1.75. The van der Waals surface area contributed by atoms with Crippen LogP contribution in [0.2, 0.25) is 0 Å². The molecule has 5 heteroatoms. The van der Waals surface area contributed by atoms with Gasteiger partial charge >= 0.3 is 0 Å². The molecule has 3 N–H and O–H groups in total. The van der Waals surface area contributed by atoms with Crippen LogP contribution in [0, 0.1) is 5.92 Å². The molecule has 0 bridgehead atoms. The lowest BCUT2D eigenvalue weighted by atomic mass is 10.0. The van der Waals surface area contributed by atoms with Crippen molar-refractivity contribution in [1.82, 2.24) is 9.97 Å². The fourth-order valence-corrected chi connectivity index (χ4v) is 2.15. The van der Waals surface area contributed by atoms with Crippen LogP contribution < -0.4 is 15.2 Å². The highest BCUT2D eigenvalue weighted by Gasteiger charge is 2.15. The minimum atomic E-state index is -0.0793. The number of aromatic amines is 1. The fourth-order valence-electron chi connectivity index (χ4n) is 2.15. The molecule has 0 amide bonds. The maximum Gasteiger partial charge on any atom is 0.163 e. The molecule has 2 aromatic rings. The van der Waals surface area contributed by atoms with Gasteiger partial charge in [0.05, 0.1) is 31.3 Å². The van der Waals surface area contributed by atoms with Crippen LogP contribution in [0.25, 0.3) is 11.0 Å². The van der Waals surface area contributed by atoms with Gasteiger partial charge in [0.25, 0.3) is 0 Å². The third-order valence-corrected chi connectivity index (χ3v) is 3.08. The standard InChI is InChI=1S/C14H21N3O2/c1-8(2)5-9(15)14-16-10-6-12(18-3)13(19-4)7-11(10)17-14/h6-9H,5,15H2,1-4H3,(H,16,17). The second-order valence-electron chi connectivity index (χ2n) is 5.08. The monoisotopic (exact) mass is 263 g/mol. The van der Waals surface area contributed by atoms with Gasteiger partial charge in [0.15, 0.2) is 11.5 Å². The Morgan fingerprint density at radius 3 is 2.42 bits per heavy atom. The lowest BCUT2D eigenvalue weighted by Gasteiger charge is -2.10. The third kappa shape index (κ3) is 2.81. The zero-order chi connectivity index (χ0) is 14.0. The van der Waals surface area contributed by atoms with Crippen molar-refractivity contribution >= 4 is 11.0 Å². The predicted octanol–water partition coefficient (Wildman–Crippen LogP) is 2.63. The van der Waals surface area contributed by atoms with Gasteiger partial charge in [-0.2, -0.15) is 0 Å². The topological polar surface area (TPSA) is 73.2 Å². The molecule has 1 atom stereocenters. The normalized spacial score (nSPS) is 12.9. The molecule has 1 aromatic heterocycles. The van der Waals surface area contributed by atoms with Gasteiger partial charge in [-0.15, -0.1) is 0 Å². The van der Waals surface area contributed by atoms with Gasteiger partial charge < -0.3 is 20.2 Å². The van der Waals surface area contributed by atoms with Gasteiger partial charge in [0, 0.05) is 12.1 Å². The number of methoxy groups -OCH3 is 2. The maximum atomic E-state index is 6.14. The van der Waals surface area contributed by atoms with Crippen molar-refractivity contribution in [3.63, 3.8) is 0 Å². The molecular formula is C14H21N3O2. The van der Waals surface area contributed by atoms with Crippen molar-refractivity contribution < 1.29 is 9.47 Å². The van der Waals surface area contributed by atoms with Gasteiger partial charge in [-0.1, -0.05) is 13.8 Å². The van der Waals surface area contributed by atoms with Gasteiger partial charge in [-0.3, -0.25) is 0 Å². The van der Waals surface area contributed by atoms with Crippen LogP contribution in [0.4, 0.5) is 0 Å². The number of H-pyrrole nitrogens is 1. The van der Waals surface area contributed by atoms with E-state index in [-0.39, 0.29) is 6.04 Å². The Morgan fingerprint density at radius 2 is 1.84 bits per heavy atom. The molecule has 5 nitrogen and oxygen atoms in total. The largest absolute Gasteiger partial charge is 0.493 e. The van der Waals surface area contributed by atoms with Crippen LogP contribution in [0.1, 0.15) is 32.1 Å². The minimum absolute atomic E-state index is 0.0793. The summed E-state index contributed by atoms with van der Waals surface area (Å²) in [5, 5.41) is 0. The van der Waals surface area contributed by atoms with E-state index in [1.807, 2.05) is 12.1 Å². The zero-order valence-electron chi connectivity index (χ0n) is 11.9. The second-order valence-corrected chi connectivity index (χ2v) is 5.08. The number of fused-ring (bicyclic) bond motifs is 1. The number of aromatic nitrogens is 2. The van der Waals surface area contributed by atoms with Crippen LogP contribution in [0.3, 0.4) is 0 Å². The van der Waals surface area contributed by atoms with E-state index in [1.54, 1.807) is 14.2 Å². The number of imidazole rings is 1. The summed E-state index contributed by atoms with van der Waals surface area (Å²) in [5.74, 6) is 2.69. The summed E-state index contributed by atoms with van der Waals surface area (Å²) in [5.41, 5.74) is 7.89. The summed E-state index contributed by atoms with van der Waals surface area (Å²) in [4.78, 5) is 7.79. The minimum Gasteiger partial charge on any atom is -0.493 e. The summed E-state index contributed by atoms with van der Waals surface area (Å²) < 4.78 is 10.5. The summed E-state index contributed by atoms with van der Waals surface area (Å²) in [7, 11) is 3.23. The Labute approximate surface area is 113 Å². The number of hydrogen-bond acceptors (Lipinski definition) is 4. The maximum absolute atomic E-state index is 6.14. The highest BCUT2D eigenvalue weighted by atomic mass is 16.5. The van der Waals surface area contributed by atoms with Gasteiger partial charge in [0.2, 0.25) is 0 Å². The van der Waals surface area contributed by atoms with Crippen LogP contribution in [0.15, 0.2) is 12.1 Å². The van der Waals surface area contributed by atoms with E-state index in [4.69, 9.17) is 15.2 Å². The van der Waals surface area contributed by atoms with Crippen molar-refractivity contribution in [1.29, 1.82) is 0 Å². The van der Waals surface area contributed by atoms with Crippen molar-refractivity contribution in [3.05, 3.63) is 18.0 Å². The molecule has 0 radical (unpaired) electrons. The van der Waals surface area contributed by atoms with Crippen molar-refractivity contribution in [2.45, 2.75) is 26.3 Å². The number of benzene rings is 1. The first-order valence-electron chi connectivity index (χ1n) is 6.42. The smallest absolute Gasteiger partial charge is 0.163 e. The predicted molar refractivity (Wildman–Crippen MR) is 75.6 cm³/mol. The molecular weight excluding hydrogens is 242 g/mol. The molecule has 0 aliphatic carbocycles. The molecule has 19 heavy (non-hydrogen) atoms. The second kappa shape index (κ2) is 5.48. The average Bonchev–Trinajstić information content (AvgIpc) is 2.78. The van der Waals surface area contributed by atoms with Crippen molar-refractivity contribution in [3.8, 4) is 11.5 Å². The van der Waals surface area contributed by atoms with E-state index in [0.29, 0.717) is 17.4 Å². The van der Waals surface area contributed by atoms with E-state index < -0.39 is 0 Å². The zero-order valence-corrected chi connectivity index (χ0v) is 11.9. The van der Waals surface area contributed by atoms with E-state index in [2.05, 4.69) is 23.8 Å². The molecule has 0 saturated heterocycles. The van der Waals surface area contributed by atoms with E-state index in [1.165, 1.54) is 0 Å². The summed E-state index contributed by atoms with van der Waals surface area (Å²) in [6.45, 7) is 4.29. The fraction of sp³-hybridized carbons (Fsp3) is 0.500. The summed E-state index contributed by atoms with van der Waals surface area (Å²) in [6, 6.07) is 3.66. The highest BCUT2D eigenvalue weighted by molar-refractivity contribution is 5.79. The number of hydrogen-bond donors (Lipinski definition) is 2. The number of nitrogens with one attached hydrogen (secondary N) is 1. The first kappa shape index (κ1) is 13.7. The number of nitrogens with two attached hydrogens (primary N) is 1. The van der Waals surface area contributed by atoms with Crippen molar-refractivity contribution in [2.24, 2.45) is 11.7 Å². The van der Waals surface area contributed by atoms with Gasteiger partial charge in [-0.25, -0.2) is 4.98 Å². The lowest BCUT2D eigenvalue weighted by molar-refractivity contribution is 0.356.